The summed E-state index contributed by atoms with van der Waals surface area (Å²) in [6.07, 6.45) is -4.11. The number of ether oxygens (including phenoxy) is 1. The number of alkyl halides is 3. The predicted octanol–water partition coefficient (Wildman–Crippen LogP) is 1.95. The summed E-state index contributed by atoms with van der Waals surface area (Å²) in [5.41, 5.74) is 0. The van der Waals surface area contributed by atoms with Gasteiger partial charge in [0.15, 0.2) is 0 Å². The van der Waals surface area contributed by atoms with E-state index >= 15 is 0 Å². The van der Waals surface area contributed by atoms with Crippen LogP contribution in [0.2, 0.25) is 0 Å². The van der Waals surface area contributed by atoms with Crippen LogP contribution >= 0.6 is 0 Å². The molecular formula is C9H16F3NO. The van der Waals surface area contributed by atoms with Gasteiger partial charge in [-0.2, -0.15) is 13.2 Å². The highest BCUT2D eigenvalue weighted by Crippen LogP contribution is 2.27. The summed E-state index contributed by atoms with van der Waals surface area (Å²) < 4.78 is 41.7. The Labute approximate surface area is 81.8 Å². The first kappa shape index (κ1) is 11.8. The number of rotatable bonds is 4. The SMILES string of the molecule is CCNC(CC(F)(F)F)C1CCOC1. The van der Waals surface area contributed by atoms with Gasteiger partial charge in [-0.1, -0.05) is 6.92 Å². The summed E-state index contributed by atoms with van der Waals surface area (Å²) in [6.45, 7) is 3.43. The maximum absolute atomic E-state index is 12.2. The minimum atomic E-state index is -4.09. The van der Waals surface area contributed by atoms with Crippen molar-refractivity contribution in [2.75, 3.05) is 19.8 Å². The van der Waals surface area contributed by atoms with Crippen LogP contribution in [-0.2, 0) is 4.74 Å². The molecule has 0 saturated carbocycles. The topological polar surface area (TPSA) is 21.3 Å². The third-order valence-electron chi connectivity index (χ3n) is 2.45. The largest absolute Gasteiger partial charge is 0.390 e. The number of hydrogen-bond acceptors (Lipinski definition) is 2. The minimum absolute atomic E-state index is 0.0107. The molecule has 2 unspecified atom stereocenters. The zero-order valence-corrected chi connectivity index (χ0v) is 8.23. The summed E-state index contributed by atoms with van der Waals surface area (Å²) in [6, 6.07) is -0.484. The Kier molecular flexibility index (Phi) is 4.19. The van der Waals surface area contributed by atoms with E-state index in [1.807, 2.05) is 6.92 Å². The van der Waals surface area contributed by atoms with Gasteiger partial charge in [0.1, 0.15) is 0 Å². The summed E-state index contributed by atoms with van der Waals surface area (Å²) in [4.78, 5) is 0. The molecular weight excluding hydrogens is 195 g/mol. The van der Waals surface area contributed by atoms with Crippen molar-refractivity contribution in [3.05, 3.63) is 0 Å². The summed E-state index contributed by atoms with van der Waals surface area (Å²) >= 11 is 0. The molecule has 2 nitrogen and oxygen atoms in total. The third-order valence-corrected chi connectivity index (χ3v) is 2.45. The van der Waals surface area contributed by atoms with Gasteiger partial charge in [0.2, 0.25) is 0 Å². The lowest BCUT2D eigenvalue weighted by atomic mass is 9.96. The normalized spacial score (nSPS) is 25.3. The van der Waals surface area contributed by atoms with E-state index in [1.165, 1.54) is 0 Å². The maximum atomic E-state index is 12.2. The standard InChI is InChI=1S/C9H16F3NO/c1-2-13-8(5-9(10,11)12)7-3-4-14-6-7/h7-8,13H,2-6H2,1H3. The van der Waals surface area contributed by atoms with E-state index in [-0.39, 0.29) is 5.92 Å². The highest BCUT2D eigenvalue weighted by molar-refractivity contribution is 4.81. The van der Waals surface area contributed by atoms with Crippen molar-refractivity contribution >= 4 is 0 Å². The van der Waals surface area contributed by atoms with Gasteiger partial charge in [-0.25, -0.2) is 0 Å². The molecule has 2 atom stereocenters. The van der Waals surface area contributed by atoms with Gasteiger partial charge >= 0.3 is 6.18 Å². The first-order valence-corrected chi connectivity index (χ1v) is 4.91. The van der Waals surface area contributed by atoms with Gasteiger partial charge in [-0.15, -0.1) is 0 Å². The Morgan fingerprint density at radius 2 is 2.21 bits per heavy atom. The molecule has 0 aromatic heterocycles. The highest BCUT2D eigenvalue weighted by atomic mass is 19.4. The van der Waals surface area contributed by atoms with E-state index in [0.717, 1.165) is 6.42 Å². The van der Waals surface area contributed by atoms with Gasteiger partial charge in [0.05, 0.1) is 13.0 Å². The van der Waals surface area contributed by atoms with Gasteiger partial charge in [0.25, 0.3) is 0 Å². The zero-order valence-electron chi connectivity index (χ0n) is 8.23. The summed E-state index contributed by atoms with van der Waals surface area (Å²) in [5, 5.41) is 2.88. The lowest BCUT2D eigenvalue weighted by Crippen LogP contribution is -2.40. The molecule has 84 valence electrons. The van der Waals surface area contributed by atoms with Crippen LogP contribution in [0.3, 0.4) is 0 Å². The number of halogens is 3. The Bertz CT molecular complexity index is 166. The maximum Gasteiger partial charge on any atom is 0.390 e. The Morgan fingerprint density at radius 1 is 1.50 bits per heavy atom. The van der Waals surface area contributed by atoms with Crippen LogP contribution < -0.4 is 5.32 Å². The van der Waals surface area contributed by atoms with Crippen LogP contribution in [0.25, 0.3) is 0 Å². The first-order chi connectivity index (χ1) is 6.53. The monoisotopic (exact) mass is 211 g/mol. The fourth-order valence-electron chi connectivity index (χ4n) is 1.79. The van der Waals surface area contributed by atoms with Crippen molar-refractivity contribution in [2.45, 2.75) is 32.0 Å². The van der Waals surface area contributed by atoms with Crippen molar-refractivity contribution in [1.82, 2.24) is 5.32 Å². The van der Waals surface area contributed by atoms with E-state index in [1.54, 1.807) is 0 Å². The Hall–Kier alpha value is -0.290. The second-order valence-electron chi connectivity index (χ2n) is 3.61. The molecule has 1 aliphatic rings. The Morgan fingerprint density at radius 3 is 2.64 bits per heavy atom. The van der Waals surface area contributed by atoms with Crippen LogP contribution in [0.1, 0.15) is 19.8 Å². The lowest BCUT2D eigenvalue weighted by molar-refractivity contribution is -0.143. The van der Waals surface area contributed by atoms with E-state index < -0.39 is 18.6 Å². The zero-order chi connectivity index (χ0) is 10.6. The van der Waals surface area contributed by atoms with Crippen molar-refractivity contribution < 1.29 is 17.9 Å². The quantitative estimate of drug-likeness (QED) is 0.767. The molecule has 0 bridgehead atoms. The van der Waals surface area contributed by atoms with Gasteiger partial charge in [0, 0.05) is 18.6 Å². The molecule has 1 fully saturated rings. The first-order valence-electron chi connectivity index (χ1n) is 4.91. The molecule has 0 aromatic rings. The molecule has 1 rings (SSSR count). The van der Waals surface area contributed by atoms with Crippen molar-refractivity contribution in [3.63, 3.8) is 0 Å². The van der Waals surface area contributed by atoms with Crippen LogP contribution in [0, 0.1) is 5.92 Å². The van der Waals surface area contributed by atoms with E-state index in [4.69, 9.17) is 4.74 Å². The predicted molar refractivity (Wildman–Crippen MR) is 47.1 cm³/mol. The molecule has 1 saturated heterocycles. The second-order valence-corrected chi connectivity index (χ2v) is 3.61. The van der Waals surface area contributed by atoms with Crippen LogP contribution in [0.15, 0.2) is 0 Å². The molecule has 1 aliphatic heterocycles. The molecule has 14 heavy (non-hydrogen) atoms. The average molecular weight is 211 g/mol. The second kappa shape index (κ2) is 4.98. The van der Waals surface area contributed by atoms with Gasteiger partial charge in [-0.05, 0) is 13.0 Å². The van der Waals surface area contributed by atoms with Crippen LogP contribution in [-0.4, -0.2) is 32.0 Å². The van der Waals surface area contributed by atoms with Gasteiger partial charge < -0.3 is 10.1 Å². The lowest BCUT2D eigenvalue weighted by Gasteiger charge is -2.24. The highest BCUT2D eigenvalue weighted by Gasteiger charge is 2.36. The number of hydrogen-bond donors (Lipinski definition) is 1. The van der Waals surface area contributed by atoms with Crippen molar-refractivity contribution in [1.29, 1.82) is 0 Å². The fraction of sp³-hybridized carbons (Fsp3) is 1.00. The molecule has 0 amide bonds. The average Bonchev–Trinajstić information content (AvgIpc) is 2.52. The summed E-state index contributed by atoms with van der Waals surface area (Å²) in [7, 11) is 0. The third kappa shape index (κ3) is 3.84. The summed E-state index contributed by atoms with van der Waals surface area (Å²) in [5.74, 6) is 0.0107. The fourth-order valence-corrected chi connectivity index (χ4v) is 1.79. The van der Waals surface area contributed by atoms with Crippen molar-refractivity contribution in [3.8, 4) is 0 Å². The molecule has 0 spiro atoms. The van der Waals surface area contributed by atoms with E-state index in [9.17, 15) is 13.2 Å². The van der Waals surface area contributed by atoms with Crippen molar-refractivity contribution in [2.24, 2.45) is 5.92 Å². The minimum Gasteiger partial charge on any atom is -0.381 e. The van der Waals surface area contributed by atoms with Gasteiger partial charge in [-0.3, -0.25) is 0 Å². The smallest absolute Gasteiger partial charge is 0.381 e. The Balaban J connectivity index is 2.45. The van der Waals surface area contributed by atoms with E-state index in [0.29, 0.717) is 19.8 Å². The molecule has 0 aromatic carbocycles. The van der Waals surface area contributed by atoms with E-state index in [2.05, 4.69) is 5.32 Å². The molecule has 5 heteroatoms. The molecule has 0 radical (unpaired) electrons. The number of nitrogens with one attached hydrogen (secondary N) is 1. The molecule has 1 heterocycles. The van der Waals surface area contributed by atoms with Crippen LogP contribution in [0.5, 0.6) is 0 Å². The van der Waals surface area contributed by atoms with Crippen LogP contribution in [0.4, 0.5) is 13.2 Å². The molecule has 0 aliphatic carbocycles. The molecule has 1 N–H and O–H groups in total.